The van der Waals surface area contributed by atoms with E-state index in [-0.39, 0.29) is 12.0 Å². The van der Waals surface area contributed by atoms with E-state index in [0.29, 0.717) is 19.0 Å². The van der Waals surface area contributed by atoms with Gasteiger partial charge in [0.05, 0.1) is 0 Å². The zero-order valence-electron chi connectivity index (χ0n) is 8.48. The van der Waals surface area contributed by atoms with E-state index < -0.39 is 6.18 Å². The normalized spacial score (nSPS) is 24.9. The molecule has 0 amide bonds. The molecule has 0 bridgehead atoms. The molecule has 1 N–H and O–H groups in total. The molecule has 1 saturated heterocycles. The van der Waals surface area contributed by atoms with Crippen molar-refractivity contribution < 1.29 is 13.2 Å². The highest BCUT2D eigenvalue weighted by Crippen LogP contribution is 2.30. The predicted octanol–water partition coefficient (Wildman–Crippen LogP) is 1.40. The highest BCUT2D eigenvalue weighted by molar-refractivity contribution is 5.13. The van der Waals surface area contributed by atoms with Crippen LogP contribution in [0.3, 0.4) is 0 Å². The predicted molar refractivity (Wildman–Crippen MR) is 51.6 cm³/mol. The summed E-state index contributed by atoms with van der Waals surface area (Å²) in [7, 11) is 0. The summed E-state index contributed by atoms with van der Waals surface area (Å²) in [5.74, 6) is 0.630. The lowest BCUT2D eigenvalue weighted by Gasteiger charge is -2.34. The lowest BCUT2D eigenvalue weighted by Crippen LogP contribution is -2.49. The van der Waals surface area contributed by atoms with Crippen molar-refractivity contribution in [2.45, 2.75) is 12.6 Å². The van der Waals surface area contributed by atoms with Crippen molar-refractivity contribution in [2.75, 3.05) is 32.7 Å². The number of hydrogen-bond acceptors (Lipinski definition) is 2. The van der Waals surface area contributed by atoms with Gasteiger partial charge in [-0.3, -0.25) is 4.90 Å². The maximum absolute atomic E-state index is 12.3. The summed E-state index contributed by atoms with van der Waals surface area (Å²) in [4.78, 5) is 2.10. The number of rotatable bonds is 2. The Labute approximate surface area is 87.1 Å². The summed E-state index contributed by atoms with van der Waals surface area (Å²) in [5, 5.41) is 3.16. The van der Waals surface area contributed by atoms with E-state index in [0.717, 1.165) is 19.6 Å². The van der Waals surface area contributed by atoms with Gasteiger partial charge < -0.3 is 5.32 Å². The van der Waals surface area contributed by atoms with Gasteiger partial charge in [-0.15, -0.1) is 0 Å². The van der Waals surface area contributed by atoms with Gasteiger partial charge in [0, 0.05) is 38.3 Å². The molecule has 2 nitrogen and oxygen atoms in total. The van der Waals surface area contributed by atoms with Crippen molar-refractivity contribution in [3.05, 3.63) is 11.6 Å². The third-order valence-electron chi connectivity index (χ3n) is 3.04. The summed E-state index contributed by atoms with van der Waals surface area (Å²) < 4.78 is 36.9. The smallest absolute Gasteiger partial charge is 0.316 e. The van der Waals surface area contributed by atoms with Crippen LogP contribution in [-0.2, 0) is 0 Å². The fourth-order valence-corrected chi connectivity index (χ4v) is 1.98. The second-order valence-corrected chi connectivity index (χ2v) is 4.26. The summed E-state index contributed by atoms with van der Waals surface area (Å²) in [5.41, 5.74) is -0.356. The van der Waals surface area contributed by atoms with E-state index in [9.17, 15) is 13.2 Å². The first-order valence-electron chi connectivity index (χ1n) is 5.25. The van der Waals surface area contributed by atoms with Crippen LogP contribution in [0.25, 0.3) is 0 Å². The molecule has 2 aliphatic heterocycles. The average molecular weight is 220 g/mol. The second-order valence-electron chi connectivity index (χ2n) is 4.26. The molecule has 2 heterocycles. The van der Waals surface area contributed by atoms with Gasteiger partial charge in [0.1, 0.15) is 0 Å². The van der Waals surface area contributed by atoms with Crippen LogP contribution in [0.1, 0.15) is 6.42 Å². The zero-order valence-corrected chi connectivity index (χ0v) is 8.48. The first-order chi connectivity index (χ1) is 7.05. The number of nitrogens with one attached hydrogen (secondary N) is 1. The van der Waals surface area contributed by atoms with E-state index in [1.54, 1.807) is 0 Å². The molecule has 0 unspecified atom stereocenters. The third-order valence-corrected chi connectivity index (χ3v) is 3.04. The standard InChI is InChI=1S/C10H15F3N2/c11-10(12,13)9-1-3-15(4-2-9)7-8-5-14-6-8/h1,8,14H,2-7H2. The Bertz CT molecular complexity index is 256. The van der Waals surface area contributed by atoms with Gasteiger partial charge in [-0.2, -0.15) is 13.2 Å². The fourth-order valence-electron chi connectivity index (χ4n) is 1.98. The Balaban J connectivity index is 1.82. The Morgan fingerprint density at radius 2 is 2.13 bits per heavy atom. The second kappa shape index (κ2) is 4.14. The summed E-state index contributed by atoms with van der Waals surface area (Å²) in [6.07, 6.45) is -2.65. The van der Waals surface area contributed by atoms with Crippen molar-refractivity contribution in [3.63, 3.8) is 0 Å². The molecule has 0 aromatic heterocycles. The SMILES string of the molecule is FC(F)(F)C1=CCN(CC2CNC2)CC1. The van der Waals surface area contributed by atoms with Gasteiger partial charge in [-0.05, 0) is 12.3 Å². The van der Waals surface area contributed by atoms with Gasteiger partial charge in [-0.25, -0.2) is 0 Å². The molecule has 5 heteroatoms. The number of alkyl halides is 3. The quantitative estimate of drug-likeness (QED) is 0.708. The van der Waals surface area contributed by atoms with Crippen LogP contribution >= 0.6 is 0 Å². The van der Waals surface area contributed by atoms with Crippen molar-refractivity contribution >= 4 is 0 Å². The largest absolute Gasteiger partial charge is 0.412 e. The topological polar surface area (TPSA) is 15.3 Å². The van der Waals surface area contributed by atoms with Crippen LogP contribution in [0.4, 0.5) is 13.2 Å². The number of hydrogen-bond donors (Lipinski definition) is 1. The van der Waals surface area contributed by atoms with Crippen LogP contribution in [0, 0.1) is 5.92 Å². The molecule has 0 spiro atoms. The Kier molecular flexibility index (Phi) is 3.02. The summed E-state index contributed by atoms with van der Waals surface area (Å²) in [6.45, 7) is 3.93. The molecule has 15 heavy (non-hydrogen) atoms. The average Bonchev–Trinajstić information content (AvgIpc) is 2.11. The summed E-state index contributed by atoms with van der Waals surface area (Å²) in [6, 6.07) is 0. The van der Waals surface area contributed by atoms with E-state index in [1.807, 2.05) is 0 Å². The van der Waals surface area contributed by atoms with Crippen molar-refractivity contribution in [2.24, 2.45) is 5.92 Å². The Hall–Kier alpha value is -0.550. The Morgan fingerprint density at radius 3 is 2.53 bits per heavy atom. The number of halogens is 3. The maximum Gasteiger partial charge on any atom is 0.412 e. The number of nitrogens with zero attached hydrogens (tertiary/aromatic N) is 1. The molecule has 0 aromatic carbocycles. The minimum absolute atomic E-state index is 0.143. The van der Waals surface area contributed by atoms with Gasteiger partial charge >= 0.3 is 6.18 Å². The van der Waals surface area contributed by atoms with E-state index >= 15 is 0 Å². The van der Waals surface area contributed by atoms with Gasteiger partial charge in [-0.1, -0.05) is 6.08 Å². The molecule has 0 aromatic rings. The maximum atomic E-state index is 12.3. The Morgan fingerprint density at radius 1 is 1.40 bits per heavy atom. The van der Waals surface area contributed by atoms with E-state index in [1.165, 1.54) is 6.08 Å². The monoisotopic (exact) mass is 220 g/mol. The first kappa shape index (κ1) is 11.0. The van der Waals surface area contributed by atoms with Crippen LogP contribution < -0.4 is 5.32 Å². The molecular formula is C10H15F3N2. The van der Waals surface area contributed by atoms with Gasteiger partial charge in [0.15, 0.2) is 0 Å². The van der Waals surface area contributed by atoms with Gasteiger partial charge in [0.25, 0.3) is 0 Å². The zero-order chi connectivity index (χ0) is 10.9. The van der Waals surface area contributed by atoms with E-state index in [2.05, 4.69) is 10.2 Å². The lowest BCUT2D eigenvalue weighted by atomic mass is 10.0. The highest BCUT2D eigenvalue weighted by atomic mass is 19.4. The molecular weight excluding hydrogens is 205 g/mol. The van der Waals surface area contributed by atoms with Crippen molar-refractivity contribution in [3.8, 4) is 0 Å². The first-order valence-corrected chi connectivity index (χ1v) is 5.25. The molecule has 0 saturated carbocycles. The van der Waals surface area contributed by atoms with Crippen molar-refractivity contribution in [1.29, 1.82) is 0 Å². The van der Waals surface area contributed by atoms with E-state index in [4.69, 9.17) is 0 Å². The molecule has 0 aliphatic carbocycles. The van der Waals surface area contributed by atoms with Crippen LogP contribution in [0.15, 0.2) is 11.6 Å². The molecule has 86 valence electrons. The molecule has 1 fully saturated rings. The van der Waals surface area contributed by atoms with Gasteiger partial charge in [0.2, 0.25) is 0 Å². The summed E-state index contributed by atoms with van der Waals surface area (Å²) >= 11 is 0. The molecule has 2 aliphatic rings. The molecule has 0 radical (unpaired) electrons. The molecule has 0 atom stereocenters. The fraction of sp³-hybridized carbons (Fsp3) is 0.800. The highest BCUT2D eigenvalue weighted by Gasteiger charge is 2.35. The van der Waals surface area contributed by atoms with Crippen LogP contribution in [0.5, 0.6) is 0 Å². The molecule has 2 rings (SSSR count). The van der Waals surface area contributed by atoms with Crippen LogP contribution in [0.2, 0.25) is 0 Å². The minimum atomic E-state index is -4.12. The lowest BCUT2D eigenvalue weighted by molar-refractivity contribution is -0.0961. The van der Waals surface area contributed by atoms with Crippen LogP contribution in [-0.4, -0.2) is 43.8 Å². The van der Waals surface area contributed by atoms with Crippen molar-refractivity contribution in [1.82, 2.24) is 10.2 Å². The third kappa shape index (κ3) is 2.72. The minimum Gasteiger partial charge on any atom is -0.316 e.